The molecule has 0 saturated carbocycles. The van der Waals surface area contributed by atoms with E-state index in [1.54, 1.807) is 0 Å². The van der Waals surface area contributed by atoms with E-state index in [9.17, 15) is 4.79 Å². The molecule has 0 N–H and O–H groups in total. The maximum Gasteiger partial charge on any atom is 0.254 e. The highest BCUT2D eigenvalue weighted by atomic mass is 16.2. The van der Waals surface area contributed by atoms with Gasteiger partial charge in [-0.3, -0.25) is 4.79 Å². The molecule has 154 valence electrons. The number of anilines is 1. The number of fused-ring (bicyclic) bond motifs is 1. The summed E-state index contributed by atoms with van der Waals surface area (Å²) < 4.78 is 0. The number of carbonyl (C=O) groups is 1. The lowest BCUT2D eigenvalue weighted by molar-refractivity contribution is 0.0733. The van der Waals surface area contributed by atoms with Crippen LogP contribution in [-0.4, -0.2) is 40.4 Å². The number of rotatable bonds is 6. The third-order valence-corrected chi connectivity index (χ3v) is 6.11. The average molecular weight is 393 g/mol. The predicted molar refractivity (Wildman–Crippen MR) is 116 cm³/mol. The minimum Gasteiger partial charge on any atom is -0.356 e. The van der Waals surface area contributed by atoms with Crippen LogP contribution >= 0.6 is 0 Å². The normalized spacial score (nSPS) is 16.2. The van der Waals surface area contributed by atoms with Crippen LogP contribution in [0.3, 0.4) is 0 Å². The number of aromatic nitrogens is 2. The van der Waals surface area contributed by atoms with Crippen LogP contribution in [-0.2, 0) is 19.4 Å². The lowest BCUT2D eigenvalue weighted by Crippen LogP contribution is -2.38. The smallest absolute Gasteiger partial charge is 0.254 e. The number of amides is 1. The molecule has 29 heavy (non-hydrogen) atoms. The van der Waals surface area contributed by atoms with Crippen LogP contribution in [0.1, 0.15) is 72.0 Å². The van der Waals surface area contributed by atoms with Gasteiger partial charge in [0, 0.05) is 37.2 Å². The number of hydrogen-bond donors (Lipinski definition) is 0. The fraction of sp³-hybridized carbons (Fsp3) is 0.542. The highest BCUT2D eigenvalue weighted by molar-refractivity contribution is 5.94. The Hall–Kier alpha value is -2.43. The maximum absolute atomic E-state index is 13.2. The van der Waals surface area contributed by atoms with Gasteiger partial charge in [-0.15, -0.1) is 0 Å². The molecule has 3 heterocycles. The van der Waals surface area contributed by atoms with Crippen LogP contribution < -0.4 is 4.90 Å². The SMILES string of the molecule is CCCCCc1ccc(C(=O)N2CCc3nc(C)nc(N4CCCC4)c3C2)cc1. The molecule has 2 aliphatic rings. The molecule has 1 aromatic heterocycles. The second-order valence-electron chi connectivity index (χ2n) is 8.34. The molecule has 1 aromatic carbocycles. The van der Waals surface area contributed by atoms with Crippen molar-refractivity contribution in [2.75, 3.05) is 24.5 Å². The Bertz CT molecular complexity index is 856. The molecule has 0 atom stereocenters. The van der Waals surface area contributed by atoms with Crippen LogP contribution in [0.25, 0.3) is 0 Å². The molecule has 1 fully saturated rings. The van der Waals surface area contributed by atoms with Gasteiger partial charge in [0.05, 0.1) is 12.2 Å². The fourth-order valence-electron chi connectivity index (χ4n) is 4.46. The van der Waals surface area contributed by atoms with Gasteiger partial charge in [-0.1, -0.05) is 31.9 Å². The summed E-state index contributed by atoms with van der Waals surface area (Å²) >= 11 is 0. The first kappa shape index (κ1) is 19.9. The first-order chi connectivity index (χ1) is 14.2. The molecule has 2 aliphatic heterocycles. The molecule has 0 radical (unpaired) electrons. The predicted octanol–water partition coefficient (Wildman–Crippen LogP) is 4.32. The largest absolute Gasteiger partial charge is 0.356 e. The zero-order valence-corrected chi connectivity index (χ0v) is 17.8. The van der Waals surface area contributed by atoms with Crippen molar-refractivity contribution in [3.05, 3.63) is 52.5 Å². The van der Waals surface area contributed by atoms with Crippen molar-refractivity contribution in [3.63, 3.8) is 0 Å². The van der Waals surface area contributed by atoms with Gasteiger partial charge in [-0.25, -0.2) is 9.97 Å². The lowest BCUT2D eigenvalue weighted by atomic mass is 10.0. The van der Waals surface area contributed by atoms with Crippen LogP contribution in [0.4, 0.5) is 5.82 Å². The number of benzene rings is 1. The maximum atomic E-state index is 13.2. The highest BCUT2D eigenvalue weighted by Crippen LogP contribution is 2.29. The third kappa shape index (κ3) is 4.44. The van der Waals surface area contributed by atoms with E-state index in [4.69, 9.17) is 4.98 Å². The number of unbranched alkanes of at least 4 members (excludes halogenated alkanes) is 2. The summed E-state index contributed by atoms with van der Waals surface area (Å²) in [5.41, 5.74) is 4.37. The second-order valence-corrected chi connectivity index (χ2v) is 8.34. The van der Waals surface area contributed by atoms with Crippen molar-refractivity contribution < 1.29 is 4.79 Å². The van der Waals surface area contributed by atoms with Crippen LogP contribution in [0, 0.1) is 6.92 Å². The Morgan fingerprint density at radius 1 is 1.03 bits per heavy atom. The van der Waals surface area contributed by atoms with Crippen molar-refractivity contribution in [1.82, 2.24) is 14.9 Å². The van der Waals surface area contributed by atoms with Gasteiger partial charge in [0.25, 0.3) is 5.91 Å². The fourth-order valence-corrected chi connectivity index (χ4v) is 4.46. The van der Waals surface area contributed by atoms with Gasteiger partial charge < -0.3 is 9.80 Å². The van der Waals surface area contributed by atoms with E-state index < -0.39 is 0 Å². The van der Waals surface area contributed by atoms with Crippen LogP contribution in [0.2, 0.25) is 0 Å². The molecule has 0 bridgehead atoms. The number of aryl methyl sites for hydroxylation is 2. The topological polar surface area (TPSA) is 49.3 Å². The van der Waals surface area contributed by atoms with Gasteiger partial charge in [-0.2, -0.15) is 0 Å². The lowest BCUT2D eigenvalue weighted by Gasteiger charge is -2.31. The van der Waals surface area contributed by atoms with Crippen LogP contribution in [0.15, 0.2) is 24.3 Å². The van der Waals surface area contributed by atoms with Crippen molar-refractivity contribution in [1.29, 1.82) is 0 Å². The Balaban J connectivity index is 1.50. The molecular weight excluding hydrogens is 360 g/mol. The molecule has 2 aromatic rings. The van der Waals surface area contributed by atoms with Crippen molar-refractivity contribution in [3.8, 4) is 0 Å². The Morgan fingerprint density at radius 2 is 1.79 bits per heavy atom. The van der Waals surface area contributed by atoms with Gasteiger partial charge in [-0.05, 0) is 50.3 Å². The minimum absolute atomic E-state index is 0.115. The first-order valence-electron chi connectivity index (χ1n) is 11.1. The molecule has 0 unspecified atom stereocenters. The summed E-state index contributed by atoms with van der Waals surface area (Å²) in [6, 6.07) is 8.21. The first-order valence-corrected chi connectivity index (χ1v) is 11.1. The molecule has 1 amide bonds. The summed E-state index contributed by atoms with van der Waals surface area (Å²) in [4.78, 5) is 26.9. The van der Waals surface area contributed by atoms with E-state index in [1.165, 1.54) is 37.7 Å². The van der Waals surface area contributed by atoms with Gasteiger partial charge in [0.1, 0.15) is 11.6 Å². The van der Waals surface area contributed by atoms with E-state index >= 15 is 0 Å². The molecule has 1 saturated heterocycles. The van der Waals surface area contributed by atoms with Crippen molar-refractivity contribution in [2.45, 2.75) is 65.3 Å². The van der Waals surface area contributed by atoms with E-state index in [0.717, 1.165) is 60.9 Å². The zero-order valence-electron chi connectivity index (χ0n) is 17.8. The van der Waals surface area contributed by atoms with Crippen molar-refractivity contribution in [2.24, 2.45) is 0 Å². The van der Waals surface area contributed by atoms with Gasteiger partial charge in [0.2, 0.25) is 0 Å². The molecule has 4 rings (SSSR count). The monoisotopic (exact) mass is 392 g/mol. The molecule has 0 aliphatic carbocycles. The van der Waals surface area contributed by atoms with E-state index in [2.05, 4.69) is 28.9 Å². The quantitative estimate of drug-likeness (QED) is 0.687. The zero-order chi connectivity index (χ0) is 20.2. The van der Waals surface area contributed by atoms with E-state index in [-0.39, 0.29) is 5.91 Å². The van der Waals surface area contributed by atoms with Crippen LogP contribution in [0.5, 0.6) is 0 Å². The van der Waals surface area contributed by atoms with Crippen molar-refractivity contribution >= 4 is 11.7 Å². The standard InChI is InChI=1S/C24H32N4O/c1-3-4-5-8-19-9-11-20(12-10-19)24(29)28-16-13-22-21(17-28)23(26-18(2)25-22)27-14-6-7-15-27/h9-12H,3-8,13-17H2,1-2H3. The Kier molecular flexibility index (Phi) is 6.12. The minimum atomic E-state index is 0.115. The summed E-state index contributed by atoms with van der Waals surface area (Å²) in [7, 11) is 0. The van der Waals surface area contributed by atoms with Gasteiger partial charge in [0.15, 0.2) is 0 Å². The third-order valence-electron chi connectivity index (χ3n) is 6.11. The number of carbonyl (C=O) groups excluding carboxylic acids is 1. The summed E-state index contributed by atoms with van der Waals surface area (Å²) in [6.45, 7) is 7.63. The molecule has 5 nitrogen and oxygen atoms in total. The average Bonchev–Trinajstić information content (AvgIpc) is 3.28. The highest BCUT2D eigenvalue weighted by Gasteiger charge is 2.28. The van der Waals surface area contributed by atoms with E-state index in [1.807, 2.05) is 24.0 Å². The summed E-state index contributed by atoms with van der Waals surface area (Å²) in [6.07, 6.45) is 8.03. The molecule has 0 spiro atoms. The van der Waals surface area contributed by atoms with E-state index in [0.29, 0.717) is 6.54 Å². The molecular formula is C24H32N4O. The summed E-state index contributed by atoms with van der Waals surface area (Å²) in [5, 5.41) is 0. The summed E-state index contributed by atoms with van der Waals surface area (Å²) in [5.74, 6) is 2.00. The number of hydrogen-bond acceptors (Lipinski definition) is 4. The Labute approximate surface area is 174 Å². The number of nitrogens with zero attached hydrogens (tertiary/aromatic N) is 4. The second kappa shape index (κ2) is 8.93. The molecule has 5 heteroatoms. The Morgan fingerprint density at radius 3 is 2.52 bits per heavy atom. The van der Waals surface area contributed by atoms with Gasteiger partial charge >= 0.3 is 0 Å².